The Balaban J connectivity index is 5.49. The largest absolute Gasteiger partial charge is 0.459 e. The predicted molar refractivity (Wildman–Crippen MR) is 41.0 cm³/mol. The lowest BCUT2D eigenvalue weighted by Gasteiger charge is -2.31. The van der Waals surface area contributed by atoms with Crippen LogP contribution in [0.15, 0.2) is 0 Å². The monoisotopic (exact) mass is 288 g/mol. The first-order valence-electron chi connectivity index (χ1n) is 3.85. The number of hydrogen-bond donors (Lipinski definition) is 0. The van der Waals surface area contributed by atoms with Gasteiger partial charge in [-0.15, -0.1) is 0 Å². The van der Waals surface area contributed by atoms with E-state index >= 15 is 0 Å². The number of rotatable bonds is 5. The van der Waals surface area contributed by atoms with Crippen LogP contribution in [0.3, 0.4) is 0 Å². The van der Waals surface area contributed by atoms with E-state index in [4.69, 9.17) is 0 Å². The van der Waals surface area contributed by atoms with Crippen molar-refractivity contribution in [1.82, 2.24) is 0 Å². The van der Waals surface area contributed by atoms with Crippen LogP contribution in [0.4, 0.5) is 30.7 Å². The SMILES string of the molecule is O=CCC(C(=O)Cl)C(F)(F)C(F)(F)C(F)(F)F. The Morgan fingerprint density at radius 2 is 1.53 bits per heavy atom. The minimum atomic E-state index is -6.57. The molecule has 0 aromatic heterocycles. The van der Waals surface area contributed by atoms with E-state index in [-0.39, 0.29) is 0 Å². The summed E-state index contributed by atoms with van der Waals surface area (Å²) in [6, 6.07) is 0. The quantitative estimate of drug-likeness (QED) is 0.443. The number of aldehydes is 1. The maximum absolute atomic E-state index is 12.9. The molecule has 0 saturated heterocycles. The fraction of sp³-hybridized carbons (Fsp3) is 0.714. The normalized spacial score (nSPS) is 15.5. The molecular formula is C7H4ClF7O2. The van der Waals surface area contributed by atoms with Gasteiger partial charge in [0.15, 0.2) is 0 Å². The molecule has 0 heterocycles. The summed E-state index contributed by atoms with van der Waals surface area (Å²) in [5, 5.41) is -2.15. The fourth-order valence-electron chi connectivity index (χ4n) is 0.887. The van der Waals surface area contributed by atoms with Crippen LogP contribution in [0.5, 0.6) is 0 Å². The van der Waals surface area contributed by atoms with E-state index in [1.807, 2.05) is 0 Å². The Bertz CT molecular complexity index is 312. The van der Waals surface area contributed by atoms with Gasteiger partial charge < -0.3 is 4.79 Å². The number of carbonyl (C=O) groups excluding carboxylic acids is 2. The van der Waals surface area contributed by atoms with Crippen molar-refractivity contribution in [3.05, 3.63) is 0 Å². The van der Waals surface area contributed by atoms with Crippen LogP contribution in [0.25, 0.3) is 0 Å². The molecule has 10 heteroatoms. The number of alkyl halides is 7. The van der Waals surface area contributed by atoms with Crippen molar-refractivity contribution in [1.29, 1.82) is 0 Å². The summed E-state index contributed by atoms with van der Waals surface area (Å²) >= 11 is 4.48. The zero-order valence-electron chi connectivity index (χ0n) is 7.70. The highest BCUT2D eigenvalue weighted by Crippen LogP contribution is 2.50. The van der Waals surface area contributed by atoms with E-state index < -0.39 is 41.9 Å². The van der Waals surface area contributed by atoms with Crippen molar-refractivity contribution in [2.75, 3.05) is 0 Å². The van der Waals surface area contributed by atoms with E-state index in [0.717, 1.165) is 0 Å². The van der Waals surface area contributed by atoms with Crippen molar-refractivity contribution < 1.29 is 40.3 Å². The zero-order chi connectivity index (χ0) is 14.1. The molecule has 0 rings (SSSR count). The van der Waals surface area contributed by atoms with Crippen LogP contribution in [0, 0.1) is 5.92 Å². The summed E-state index contributed by atoms with van der Waals surface area (Å²) in [6.07, 6.45) is -8.50. The highest BCUT2D eigenvalue weighted by atomic mass is 35.5. The zero-order valence-corrected chi connectivity index (χ0v) is 8.46. The summed E-state index contributed by atoms with van der Waals surface area (Å²) in [5.74, 6) is -15.5. The third kappa shape index (κ3) is 2.88. The van der Waals surface area contributed by atoms with E-state index in [9.17, 15) is 40.3 Å². The topological polar surface area (TPSA) is 34.1 Å². The van der Waals surface area contributed by atoms with Crippen molar-refractivity contribution in [2.45, 2.75) is 24.4 Å². The molecule has 0 aliphatic carbocycles. The summed E-state index contributed by atoms with van der Waals surface area (Å²) in [5.41, 5.74) is 0. The van der Waals surface area contributed by atoms with Crippen molar-refractivity contribution >= 4 is 23.1 Å². The molecule has 1 atom stereocenters. The first kappa shape index (κ1) is 16.1. The molecule has 100 valence electrons. The van der Waals surface area contributed by atoms with Gasteiger partial charge in [-0.2, -0.15) is 30.7 Å². The molecule has 0 radical (unpaired) electrons. The fourth-order valence-corrected chi connectivity index (χ4v) is 1.11. The number of carbonyl (C=O) groups is 2. The van der Waals surface area contributed by atoms with Gasteiger partial charge in [-0.05, 0) is 11.6 Å². The maximum Gasteiger partial charge on any atom is 0.459 e. The average molecular weight is 289 g/mol. The molecule has 0 amide bonds. The third-order valence-corrected chi connectivity index (χ3v) is 2.08. The van der Waals surface area contributed by atoms with E-state index in [1.165, 1.54) is 0 Å². The molecule has 0 fully saturated rings. The van der Waals surface area contributed by atoms with Crippen LogP contribution in [-0.4, -0.2) is 29.5 Å². The first-order chi connectivity index (χ1) is 7.39. The highest BCUT2D eigenvalue weighted by Gasteiger charge is 2.75. The first-order valence-corrected chi connectivity index (χ1v) is 4.22. The molecule has 0 aromatic rings. The molecule has 0 spiro atoms. The molecule has 17 heavy (non-hydrogen) atoms. The van der Waals surface area contributed by atoms with Gasteiger partial charge in [0.05, 0.1) is 0 Å². The molecule has 0 aliphatic rings. The van der Waals surface area contributed by atoms with Crippen LogP contribution in [0.2, 0.25) is 0 Å². The van der Waals surface area contributed by atoms with Gasteiger partial charge in [0.25, 0.3) is 0 Å². The van der Waals surface area contributed by atoms with E-state index in [1.54, 1.807) is 0 Å². The van der Waals surface area contributed by atoms with Gasteiger partial charge in [0, 0.05) is 6.42 Å². The molecule has 0 bridgehead atoms. The minimum Gasteiger partial charge on any atom is -0.303 e. The van der Waals surface area contributed by atoms with Crippen molar-refractivity contribution in [2.24, 2.45) is 5.92 Å². The van der Waals surface area contributed by atoms with Crippen LogP contribution in [0.1, 0.15) is 6.42 Å². The van der Waals surface area contributed by atoms with Crippen molar-refractivity contribution in [3.8, 4) is 0 Å². The second kappa shape index (κ2) is 4.79. The Morgan fingerprint density at radius 1 is 1.12 bits per heavy atom. The van der Waals surface area contributed by atoms with Crippen LogP contribution < -0.4 is 0 Å². The number of halogens is 8. The van der Waals surface area contributed by atoms with Crippen molar-refractivity contribution in [3.63, 3.8) is 0 Å². The smallest absolute Gasteiger partial charge is 0.303 e. The second-order valence-corrected chi connectivity index (χ2v) is 3.33. The lowest BCUT2D eigenvalue weighted by atomic mass is 9.94. The Hall–Kier alpha value is -0.860. The van der Waals surface area contributed by atoms with E-state index in [2.05, 4.69) is 11.6 Å². The maximum atomic E-state index is 12.9. The summed E-state index contributed by atoms with van der Waals surface area (Å²) in [7, 11) is 0. The third-order valence-electron chi connectivity index (χ3n) is 1.82. The molecule has 2 nitrogen and oxygen atoms in total. The Kier molecular flexibility index (Phi) is 4.55. The lowest BCUT2D eigenvalue weighted by molar-refractivity contribution is -0.362. The lowest BCUT2D eigenvalue weighted by Crippen LogP contribution is -2.56. The van der Waals surface area contributed by atoms with E-state index in [0.29, 0.717) is 0 Å². The van der Waals surface area contributed by atoms with Gasteiger partial charge in [-0.25, -0.2) is 0 Å². The second-order valence-electron chi connectivity index (χ2n) is 2.95. The van der Waals surface area contributed by atoms with Gasteiger partial charge in [-0.1, -0.05) is 0 Å². The Labute approximate surface area is 94.7 Å². The van der Waals surface area contributed by atoms with Gasteiger partial charge in [0.2, 0.25) is 5.24 Å². The molecule has 0 aromatic carbocycles. The summed E-state index contributed by atoms with van der Waals surface area (Å²) in [6.45, 7) is 0. The minimum absolute atomic E-state index is 0.398. The van der Waals surface area contributed by atoms with Gasteiger partial charge in [0.1, 0.15) is 12.2 Å². The molecule has 0 N–H and O–H groups in total. The van der Waals surface area contributed by atoms with Crippen LogP contribution >= 0.6 is 11.6 Å². The summed E-state index contributed by atoms with van der Waals surface area (Å²) < 4.78 is 85.8. The molecule has 0 saturated carbocycles. The number of hydrogen-bond acceptors (Lipinski definition) is 2. The molecule has 0 aliphatic heterocycles. The predicted octanol–water partition coefficient (Wildman–Crippen LogP) is 2.79. The van der Waals surface area contributed by atoms with Crippen LogP contribution in [-0.2, 0) is 9.59 Å². The molecule has 1 unspecified atom stereocenters. The Morgan fingerprint density at radius 3 is 1.76 bits per heavy atom. The van der Waals surface area contributed by atoms with Gasteiger partial charge >= 0.3 is 18.0 Å². The average Bonchev–Trinajstić information content (AvgIpc) is 2.11. The summed E-state index contributed by atoms with van der Waals surface area (Å²) in [4.78, 5) is 20.3. The highest BCUT2D eigenvalue weighted by molar-refractivity contribution is 6.64. The molecular weight excluding hydrogens is 285 g/mol. The standard InChI is InChI=1S/C7H4ClF7O2/c8-4(17)3(1-2-16)5(9,10)6(11,12)7(13,14)15/h2-3H,1H2. The van der Waals surface area contributed by atoms with Gasteiger partial charge in [-0.3, -0.25) is 4.79 Å².